The van der Waals surface area contributed by atoms with Gasteiger partial charge < -0.3 is 24.3 Å². The second-order valence-corrected chi connectivity index (χ2v) is 8.34. The first-order chi connectivity index (χ1) is 14.9. The van der Waals surface area contributed by atoms with Crippen molar-refractivity contribution in [2.75, 3.05) is 13.2 Å². The van der Waals surface area contributed by atoms with E-state index in [1.54, 1.807) is 6.07 Å². The number of benzene rings is 1. The van der Waals surface area contributed by atoms with Crippen molar-refractivity contribution in [2.24, 2.45) is 0 Å². The number of aromatic nitrogens is 3. The van der Waals surface area contributed by atoms with Crippen LogP contribution in [0.2, 0.25) is 10.0 Å². The highest BCUT2D eigenvalue weighted by atomic mass is 35.5. The highest BCUT2D eigenvalue weighted by Crippen LogP contribution is 2.30. The standard InChI is InChI=1S/C20H17Cl2F2N3O4/c21-8-3-11(23)9(12(24)4-8)1-2-13-10(22)5-14-19(25-13)27-20(26-14)31-16-7-30-17-15(28)6-29-18(16)17/h3-5,15-18,28H,1-2,6-7H2,(H,25,26,27)/t15-,16-,17-,18-/m1/s1. The van der Waals surface area contributed by atoms with Crippen LogP contribution in [-0.2, 0) is 22.3 Å². The minimum atomic E-state index is -0.714. The highest BCUT2D eigenvalue weighted by Gasteiger charge is 2.48. The van der Waals surface area contributed by atoms with Crippen LogP contribution in [0.4, 0.5) is 8.78 Å². The quantitative estimate of drug-likeness (QED) is 0.593. The van der Waals surface area contributed by atoms with Crippen molar-refractivity contribution in [3.63, 3.8) is 0 Å². The molecule has 2 aromatic heterocycles. The van der Waals surface area contributed by atoms with Gasteiger partial charge in [-0.25, -0.2) is 13.8 Å². The molecule has 0 radical (unpaired) electrons. The molecule has 0 saturated carbocycles. The van der Waals surface area contributed by atoms with E-state index in [1.807, 2.05) is 0 Å². The molecule has 2 N–H and O–H groups in total. The fraction of sp³-hybridized carbons (Fsp3) is 0.400. The van der Waals surface area contributed by atoms with Gasteiger partial charge in [0, 0.05) is 10.6 Å². The van der Waals surface area contributed by atoms with Crippen LogP contribution in [-0.4, -0.2) is 57.7 Å². The summed E-state index contributed by atoms with van der Waals surface area (Å²) in [5.74, 6) is -1.43. The van der Waals surface area contributed by atoms with Crippen LogP contribution >= 0.6 is 23.2 Å². The molecule has 164 valence electrons. The third kappa shape index (κ3) is 3.96. The Morgan fingerprint density at radius 3 is 2.58 bits per heavy atom. The van der Waals surface area contributed by atoms with Crippen molar-refractivity contribution in [1.29, 1.82) is 0 Å². The molecule has 2 aliphatic heterocycles. The molecule has 5 rings (SSSR count). The zero-order valence-corrected chi connectivity index (χ0v) is 17.5. The molecule has 11 heteroatoms. The van der Waals surface area contributed by atoms with Crippen LogP contribution in [0.15, 0.2) is 18.2 Å². The van der Waals surface area contributed by atoms with Crippen molar-refractivity contribution in [3.05, 3.63) is 51.1 Å². The first kappa shape index (κ1) is 20.8. The number of H-pyrrole nitrogens is 1. The number of pyridine rings is 1. The van der Waals surface area contributed by atoms with Crippen LogP contribution in [0, 0.1) is 11.6 Å². The van der Waals surface area contributed by atoms with Gasteiger partial charge in [0.25, 0.3) is 6.01 Å². The average Bonchev–Trinajstić information content (AvgIpc) is 3.38. The number of imidazole rings is 1. The summed E-state index contributed by atoms with van der Waals surface area (Å²) < 4.78 is 45.0. The van der Waals surface area contributed by atoms with E-state index < -0.39 is 29.9 Å². The van der Waals surface area contributed by atoms with Gasteiger partial charge in [-0.2, -0.15) is 4.98 Å². The number of fused-ring (bicyclic) bond motifs is 2. The van der Waals surface area contributed by atoms with Crippen molar-refractivity contribution in [1.82, 2.24) is 15.0 Å². The fourth-order valence-electron chi connectivity index (χ4n) is 3.91. The van der Waals surface area contributed by atoms with E-state index in [4.69, 9.17) is 37.4 Å². The molecular weight excluding hydrogens is 455 g/mol. The van der Waals surface area contributed by atoms with Gasteiger partial charge in [0.2, 0.25) is 0 Å². The summed E-state index contributed by atoms with van der Waals surface area (Å²) in [5, 5.41) is 10.2. The van der Waals surface area contributed by atoms with E-state index in [0.29, 0.717) is 21.9 Å². The second-order valence-electron chi connectivity index (χ2n) is 7.50. The lowest BCUT2D eigenvalue weighted by Crippen LogP contribution is -2.34. The Balaban J connectivity index is 1.33. The molecule has 4 heterocycles. The molecule has 0 aliphatic carbocycles. The van der Waals surface area contributed by atoms with Gasteiger partial charge in [0.1, 0.15) is 29.9 Å². The normalized spacial score (nSPS) is 25.3. The van der Waals surface area contributed by atoms with Crippen molar-refractivity contribution in [3.8, 4) is 6.01 Å². The first-order valence-corrected chi connectivity index (χ1v) is 10.4. The Morgan fingerprint density at radius 1 is 1.06 bits per heavy atom. The molecule has 31 heavy (non-hydrogen) atoms. The number of aromatic amines is 1. The van der Waals surface area contributed by atoms with Gasteiger partial charge in [-0.15, -0.1) is 0 Å². The molecular formula is C20H17Cl2F2N3O4. The van der Waals surface area contributed by atoms with Gasteiger partial charge in [-0.05, 0) is 31.0 Å². The first-order valence-electron chi connectivity index (χ1n) is 9.65. The predicted molar refractivity (Wildman–Crippen MR) is 108 cm³/mol. The molecule has 3 aromatic rings. The topological polar surface area (TPSA) is 89.5 Å². The monoisotopic (exact) mass is 471 g/mol. The van der Waals surface area contributed by atoms with Crippen LogP contribution in [0.5, 0.6) is 6.01 Å². The van der Waals surface area contributed by atoms with Crippen LogP contribution in [0.3, 0.4) is 0 Å². The van der Waals surface area contributed by atoms with Gasteiger partial charge in [0.15, 0.2) is 11.8 Å². The number of halogens is 4. The molecule has 0 spiro atoms. The maximum atomic E-state index is 14.0. The lowest BCUT2D eigenvalue weighted by Gasteiger charge is -2.15. The Bertz CT molecular complexity index is 1120. The van der Waals surface area contributed by atoms with Crippen molar-refractivity contribution in [2.45, 2.75) is 37.3 Å². The zero-order chi connectivity index (χ0) is 21.7. The summed E-state index contributed by atoms with van der Waals surface area (Å²) in [4.78, 5) is 11.7. The van der Waals surface area contributed by atoms with Gasteiger partial charge in [0.05, 0.1) is 29.4 Å². The maximum Gasteiger partial charge on any atom is 0.296 e. The highest BCUT2D eigenvalue weighted by molar-refractivity contribution is 6.31. The molecule has 7 nitrogen and oxygen atoms in total. The Kier molecular flexibility index (Phi) is 5.47. The summed E-state index contributed by atoms with van der Waals surface area (Å²) in [6.07, 6.45) is -1.62. The largest absolute Gasteiger partial charge is 0.456 e. The smallest absolute Gasteiger partial charge is 0.296 e. The number of ether oxygens (including phenoxy) is 3. The predicted octanol–water partition coefficient (Wildman–Crippen LogP) is 3.23. The van der Waals surface area contributed by atoms with Crippen molar-refractivity contribution >= 4 is 34.4 Å². The summed E-state index contributed by atoms with van der Waals surface area (Å²) >= 11 is 12.0. The SMILES string of the molecule is O[C@@H]1CO[C@H]2[C@@H]1OC[C@H]2Oc1nc2nc(CCc3c(F)cc(Cl)cc3F)c(Cl)cc2[nH]1. The van der Waals surface area contributed by atoms with Crippen LogP contribution in [0.25, 0.3) is 11.2 Å². The molecule has 0 bridgehead atoms. The van der Waals surface area contributed by atoms with E-state index in [0.717, 1.165) is 12.1 Å². The average molecular weight is 472 g/mol. The molecule has 2 saturated heterocycles. The lowest BCUT2D eigenvalue weighted by atomic mass is 10.1. The van der Waals surface area contributed by atoms with Crippen LogP contribution in [0.1, 0.15) is 11.3 Å². The fourth-order valence-corrected chi connectivity index (χ4v) is 4.34. The summed E-state index contributed by atoms with van der Waals surface area (Å²) in [6, 6.07) is 3.99. The number of hydrogen-bond acceptors (Lipinski definition) is 6. The van der Waals surface area contributed by atoms with E-state index >= 15 is 0 Å². The number of aliphatic hydroxyl groups excluding tert-OH is 1. The zero-order valence-electron chi connectivity index (χ0n) is 15.9. The molecule has 4 atom stereocenters. The Morgan fingerprint density at radius 2 is 1.81 bits per heavy atom. The van der Waals surface area contributed by atoms with E-state index in [2.05, 4.69) is 15.0 Å². The molecule has 0 unspecified atom stereocenters. The molecule has 2 aliphatic rings. The minimum Gasteiger partial charge on any atom is -0.456 e. The molecule has 0 amide bonds. The number of nitrogens with one attached hydrogen (secondary N) is 1. The van der Waals surface area contributed by atoms with E-state index in [1.165, 1.54) is 0 Å². The number of nitrogens with zero attached hydrogens (tertiary/aromatic N) is 2. The Hall–Kier alpha value is -2.04. The third-order valence-corrected chi connectivity index (χ3v) is 5.99. The maximum absolute atomic E-state index is 14.0. The summed E-state index contributed by atoms with van der Waals surface area (Å²) in [6.45, 7) is 0.464. The van der Waals surface area contributed by atoms with Gasteiger partial charge in [-0.3, -0.25) is 0 Å². The van der Waals surface area contributed by atoms with Gasteiger partial charge >= 0.3 is 0 Å². The lowest BCUT2D eigenvalue weighted by molar-refractivity contribution is 0.00706. The minimum absolute atomic E-state index is 0.00289. The number of aryl methyl sites for hydroxylation is 1. The third-order valence-electron chi connectivity index (χ3n) is 5.44. The van der Waals surface area contributed by atoms with Crippen molar-refractivity contribution < 1.29 is 28.1 Å². The molecule has 1 aromatic carbocycles. The Labute approximate surface area is 185 Å². The molecule has 2 fully saturated rings. The second kappa shape index (κ2) is 8.14. The van der Waals surface area contributed by atoms with E-state index in [-0.39, 0.29) is 48.8 Å². The summed E-state index contributed by atoms with van der Waals surface area (Å²) in [7, 11) is 0. The number of hydrogen-bond donors (Lipinski definition) is 2. The number of aliphatic hydroxyl groups is 1. The summed E-state index contributed by atoms with van der Waals surface area (Å²) in [5.41, 5.74) is 1.28. The number of rotatable bonds is 5. The van der Waals surface area contributed by atoms with E-state index in [9.17, 15) is 13.9 Å². The van der Waals surface area contributed by atoms with Gasteiger partial charge in [-0.1, -0.05) is 23.2 Å². The van der Waals surface area contributed by atoms with Crippen LogP contribution < -0.4 is 4.74 Å².